The summed E-state index contributed by atoms with van der Waals surface area (Å²) < 4.78 is 0. The minimum absolute atomic E-state index is 0.0546. The highest BCUT2D eigenvalue weighted by molar-refractivity contribution is 5.88. The number of carbonyl (C=O) groups is 1. The number of aromatic amines is 1. The van der Waals surface area contributed by atoms with Crippen LogP contribution in [0.5, 0.6) is 0 Å². The van der Waals surface area contributed by atoms with Gasteiger partial charge in [-0.1, -0.05) is 67.8 Å². The van der Waals surface area contributed by atoms with Gasteiger partial charge in [-0.2, -0.15) is 0 Å². The summed E-state index contributed by atoms with van der Waals surface area (Å²) >= 11 is 0. The van der Waals surface area contributed by atoms with E-state index in [0.29, 0.717) is 0 Å². The third-order valence-corrected chi connectivity index (χ3v) is 5.73. The summed E-state index contributed by atoms with van der Waals surface area (Å²) in [5.74, 6) is -0.244. The quantitative estimate of drug-likeness (QED) is 0.641. The minimum atomic E-state index is -0.631. The minimum Gasteiger partial charge on any atom is -0.361 e. The Morgan fingerprint density at radius 3 is 2.48 bits per heavy atom. The molecule has 1 aromatic heterocycles. The van der Waals surface area contributed by atoms with Crippen LogP contribution in [0.1, 0.15) is 49.1 Å². The standard InChI is InChI=1S/C23H27N3O/c24-22(23(27)26-17-11-5-2-6-12-17)21(16-9-3-1-4-10-16)19-15-25-20-14-8-7-13-18(19)20/h1,3-4,7-10,13-15,17,21-22,25H,2,5-6,11-12,24H2,(H,26,27)/t21-,22-/m0/s1. The van der Waals surface area contributed by atoms with Gasteiger partial charge in [0, 0.05) is 29.1 Å². The van der Waals surface area contributed by atoms with Crippen LogP contribution in [0, 0.1) is 0 Å². The Labute approximate surface area is 160 Å². The van der Waals surface area contributed by atoms with Crippen molar-refractivity contribution < 1.29 is 4.79 Å². The van der Waals surface area contributed by atoms with Crippen molar-refractivity contribution in [3.8, 4) is 0 Å². The van der Waals surface area contributed by atoms with Gasteiger partial charge in [0.1, 0.15) is 0 Å². The molecule has 4 rings (SSSR count). The summed E-state index contributed by atoms with van der Waals surface area (Å²) in [6.45, 7) is 0. The molecule has 0 unspecified atom stereocenters. The Balaban J connectivity index is 1.66. The largest absolute Gasteiger partial charge is 0.361 e. The second-order valence-corrected chi connectivity index (χ2v) is 7.55. The molecule has 2 atom stereocenters. The van der Waals surface area contributed by atoms with Gasteiger partial charge in [0.05, 0.1) is 6.04 Å². The maximum absolute atomic E-state index is 13.0. The van der Waals surface area contributed by atoms with E-state index in [2.05, 4.69) is 34.6 Å². The molecular formula is C23H27N3O. The molecule has 1 aliphatic carbocycles. The zero-order valence-electron chi connectivity index (χ0n) is 15.5. The second kappa shape index (κ2) is 7.97. The number of fused-ring (bicyclic) bond motifs is 1. The van der Waals surface area contributed by atoms with Crippen molar-refractivity contribution in [1.29, 1.82) is 0 Å². The van der Waals surface area contributed by atoms with Crippen molar-refractivity contribution in [2.75, 3.05) is 0 Å². The number of nitrogens with two attached hydrogens (primary N) is 1. The Morgan fingerprint density at radius 1 is 1.00 bits per heavy atom. The van der Waals surface area contributed by atoms with E-state index in [0.717, 1.165) is 34.9 Å². The number of amides is 1. The fourth-order valence-electron chi connectivity index (χ4n) is 4.29. The van der Waals surface area contributed by atoms with Gasteiger partial charge in [-0.3, -0.25) is 4.79 Å². The topological polar surface area (TPSA) is 70.9 Å². The highest BCUT2D eigenvalue weighted by Crippen LogP contribution is 2.33. The van der Waals surface area contributed by atoms with E-state index >= 15 is 0 Å². The fraction of sp³-hybridized carbons (Fsp3) is 0.348. The highest BCUT2D eigenvalue weighted by Gasteiger charge is 2.31. The van der Waals surface area contributed by atoms with Gasteiger partial charge < -0.3 is 16.0 Å². The Bertz CT molecular complexity index is 896. The zero-order valence-corrected chi connectivity index (χ0v) is 15.5. The molecule has 4 nitrogen and oxygen atoms in total. The molecule has 4 N–H and O–H groups in total. The van der Waals surface area contributed by atoms with E-state index in [1.54, 1.807) is 0 Å². The number of hydrogen-bond donors (Lipinski definition) is 3. The first-order chi connectivity index (χ1) is 13.2. The first-order valence-corrected chi connectivity index (χ1v) is 9.91. The van der Waals surface area contributed by atoms with Crippen LogP contribution in [0.4, 0.5) is 0 Å². The number of aromatic nitrogens is 1. The van der Waals surface area contributed by atoms with E-state index < -0.39 is 6.04 Å². The zero-order chi connectivity index (χ0) is 18.6. The number of hydrogen-bond acceptors (Lipinski definition) is 2. The summed E-state index contributed by atoms with van der Waals surface area (Å²) in [5.41, 5.74) is 9.77. The summed E-state index contributed by atoms with van der Waals surface area (Å²) in [6, 6.07) is 17.9. The smallest absolute Gasteiger partial charge is 0.238 e. The van der Waals surface area contributed by atoms with Crippen LogP contribution in [-0.2, 0) is 4.79 Å². The van der Waals surface area contributed by atoms with Crippen molar-refractivity contribution in [1.82, 2.24) is 10.3 Å². The second-order valence-electron chi connectivity index (χ2n) is 7.55. The van der Waals surface area contributed by atoms with Crippen molar-refractivity contribution in [3.63, 3.8) is 0 Å². The molecule has 4 heteroatoms. The van der Waals surface area contributed by atoms with Gasteiger partial charge in [-0.05, 0) is 30.0 Å². The highest BCUT2D eigenvalue weighted by atomic mass is 16.2. The number of benzene rings is 2. The van der Waals surface area contributed by atoms with E-state index in [-0.39, 0.29) is 17.9 Å². The molecule has 27 heavy (non-hydrogen) atoms. The maximum Gasteiger partial charge on any atom is 0.238 e. The number of carbonyl (C=O) groups excluding carboxylic acids is 1. The first kappa shape index (κ1) is 17.8. The molecule has 1 amide bonds. The van der Waals surface area contributed by atoms with Gasteiger partial charge >= 0.3 is 0 Å². The molecule has 1 heterocycles. The normalized spacial score (nSPS) is 17.5. The number of H-pyrrole nitrogens is 1. The van der Waals surface area contributed by atoms with Gasteiger partial charge in [0.25, 0.3) is 0 Å². The van der Waals surface area contributed by atoms with E-state index in [4.69, 9.17) is 5.73 Å². The van der Waals surface area contributed by atoms with Gasteiger partial charge in [-0.25, -0.2) is 0 Å². The van der Waals surface area contributed by atoms with Crippen LogP contribution in [-0.4, -0.2) is 23.0 Å². The lowest BCUT2D eigenvalue weighted by Crippen LogP contribution is -2.48. The molecule has 1 saturated carbocycles. The van der Waals surface area contributed by atoms with Gasteiger partial charge in [0.2, 0.25) is 5.91 Å². The fourth-order valence-corrected chi connectivity index (χ4v) is 4.29. The Morgan fingerprint density at radius 2 is 1.70 bits per heavy atom. The summed E-state index contributed by atoms with van der Waals surface area (Å²) in [4.78, 5) is 16.3. The molecule has 0 aliphatic heterocycles. The van der Waals surface area contributed by atoms with Crippen molar-refractivity contribution >= 4 is 16.8 Å². The summed E-state index contributed by atoms with van der Waals surface area (Å²) in [6.07, 6.45) is 7.75. The predicted molar refractivity (Wildman–Crippen MR) is 110 cm³/mol. The maximum atomic E-state index is 13.0. The lowest BCUT2D eigenvalue weighted by Gasteiger charge is -2.28. The monoisotopic (exact) mass is 361 g/mol. The lowest BCUT2D eigenvalue weighted by atomic mass is 9.84. The molecule has 140 valence electrons. The average molecular weight is 361 g/mol. The SMILES string of the molecule is N[C@H](C(=O)NC1CCCCC1)[C@@H](c1ccccc1)c1c[nH]c2ccccc12. The number of rotatable bonds is 5. The molecule has 0 bridgehead atoms. The number of para-hydroxylation sites is 1. The van der Waals surface area contributed by atoms with Crippen molar-refractivity contribution in [2.24, 2.45) is 5.73 Å². The predicted octanol–water partition coefficient (Wildman–Crippen LogP) is 4.08. The molecule has 0 spiro atoms. The summed E-state index contributed by atoms with van der Waals surface area (Å²) in [7, 11) is 0. The molecule has 1 aliphatic rings. The number of nitrogens with one attached hydrogen (secondary N) is 2. The van der Waals surface area contributed by atoms with Crippen molar-refractivity contribution in [3.05, 3.63) is 71.9 Å². The third-order valence-electron chi connectivity index (χ3n) is 5.73. The van der Waals surface area contributed by atoms with Crippen LogP contribution in [0.25, 0.3) is 10.9 Å². The van der Waals surface area contributed by atoms with Gasteiger partial charge in [0.15, 0.2) is 0 Å². The third kappa shape index (κ3) is 3.76. The van der Waals surface area contributed by atoms with E-state index in [1.807, 2.05) is 36.5 Å². The van der Waals surface area contributed by atoms with Crippen LogP contribution in [0.3, 0.4) is 0 Å². The Hall–Kier alpha value is -2.59. The molecule has 1 fully saturated rings. The lowest BCUT2D eigenvalue weighted by molar-refractivity contribution is -0.123. The van der Waals surface area contributed by atoms with E-state index in [1.165, 1.54) is 19.3 Å². The van der Waals surface area contributed by atoms with Gasteiger partial charge in [-0.15, -0.1) is 0 Å². The molecule has 3 aromatic rings. The molecule has 2 aromatic carbocycles. The van der Waals surface area contributed by atoms with Crippen molar-refractivity contribution in [2.45, 2.75) is 50.1 Å². The Kier molecular flexibility index (Phi) is 5.26. The summed E-state index contributed by atoms with van der Waals surface area (Å²) in [5, 5.41) is 4.32. The van der Waals surface area contributed by atoms with Crippen LogP contribution in [0.15, 0.2) is 60.8 Å². The molecule has 0 saturated heterocycles. The molecule has 0 radical (unpaired) electrons. The average Bonchev–Trinajstić information content (AvgIpc) is 3.14. The van der Waals surface area contributed by atoms with Crippen LogP contribution in [0.2, 0.25) is 0 Å². The molecular weight excluding hydrogens is 334 g/mol. The van der Waals surface area contributed by atoms with Crippen LogP contribution < -0.4 is 11.1 Å². The van der Waals surface area contributed by atoms with E-state index in [9.17, 15) is 4.79 Å². The first-order valence-electron chi connectivity index (χ1n) is 9.91. The van der Waals surface area contributed by atoms with Crippen LogP contribution >= 0.6 is 0 Å².